The number of amidine groups is 1. The molecule has 0 aliphatic heterocycles. The number of nitrogens with one attached hydrogen (secondary N) is 1. The molecule has 0 aromatic heterocycles. The molecule has 0 fully saturated rings. The van der Waals surface area contributed by atoms with Gasteiger partial charge in [0.05, 0.1) is 5.84 Å². The van der Waals surface area contributed by atoms with Gasteiger partial charge in [0.25, 0.3) is 0 Å². The molecule has 0 aliphatic carbocycles. The van der Waals surface area contributed by atoms with Crippen molar-refractivity contribution < 1.29 is 0 Å². The summed E-state index contributed by atoms with van der Waals surface area (Å²) < 4.78 is 1.13. The first-order chi connectivity index (χ1) is 8.00. The number of hydrogen-bond acceptors (Lipinski definition) is 2. The molecule has 4 heteroatoms. The van der Waals surface area contributed by atoms with E-state index in [-0.39, 0.29) is 5.84 Å². The third-order valence-electron chi connectivity index (χ3n) is 2.73. The van der Waals surface area contributed by atoms with Gasteiger partial charge < -0.3 is 5.73 Å². The Labute approximate surface area is 112 Å². The van der Waals surface area contributed by atoms with Crippen molar-refractivity contribution in [1.29, 1.82) is 5.41 Å². The number of hydrogen-bond donors (Lipinski definition) is 2. The van der Waals surface area contributed by atoms with Crippen molar-refractivity contribution >= 4 is 21.8 Å². The van der Waals surface area contributed by atoms with Crippen molar-refractivity contribution in [1.82, 2.24) is 4.90 Å². The molecule has 0 unspecified atom stereocenters. The van der Waals surface area contributed by atoms with Crippen LogP contribution >= 0.6 is 15.9 Å². The van der Waals surface area contributed by atoms with Crippen LogP contribution in [0.25, 0.3) is 0 Å². The fourth-order valence-electron chi connectivity index (χ4n) is 1.63. The van der Waals surface area contributed by atoms with Gasteiger partial charge in [0, 0.05) is 30.0 Å². The molecule has 0 heterocycles. The first-order valence-corrected chi connectivity index (χ1v) is 6.60. The van der Waals surface area contributed by atoms with Gasteiger partial charge >= 0.3 is 0 Å². The SMILES string of the molecule is CC(C)N(CCC(=N)N)Cc1ccccc1Br. The van der Waals surface area contributed by atoms with E-state index in [9.17, 15) is 0 Å². The average molecular weight is 298 g/mol. The highest BCUT2D eigenvalue weighted by molar-refractivity contribution is 9.10. The van der Waals surface area contributed by atoms with Crippen LogP contribution in [-0.2, 0) is 6.54 Å². The number of nitrogens with zero attached hydrogens (tertiary/aromatic N) is 1. The smallest absolute Gasteiger partial charge is 0.0918 e. The highest BCUT2D eigenvalue weighted by Crippen LogP contribution is 2.18. The van der Waals surface area contributed by atoms with E-state index in [1.54, 1.807) is 0 Å². The second-order valence-electron chi connectivity index (χ2n) is 4.43. The number of benzene rings is 1. The summed E-state index contributed by atoms with van der Waals surface area (Å²) >= 11 is 3.56. The largest absolute Gasteiger partial charge is 0.388 e. The second kappa shape index (κ2) is 6.77. The topological polar surface area (TPSA) is 53.1 Å². The van der Waals surface area contributed by atoms with E-state index in [2.05, 4.69) is 46.8 Å². The lowest BCUT2D eigenvalue weighted by Crippen LogP contribution is -2.33. The fraction of sp³-hybridized carbons (Fsp3) is 0.462. The van der Waals surface area contributed by atoms with Gasteiger partial charge in [0.15, 0.2) is 0 Å². The fourth-order valence-corrected chi connectivity index (χ4v) is 2.04. The summed E-state index contributed by atoms with van der Waals surface area (Å²) in [5.41, 5.74) is 6.68. The number of halogens is 1. The molecule has 1 aromatic rings. The number of rotatable bonds is 6. The Morgan fingerprint density at radius 2 is 2.06 bits per heavy atom. The Morgan fingerprint density at radius 3 is 2.59 bits per heavy atom. The highest BCUT2D eigenvalue weighted by Gasteiger charge is 2.11. The van der Waals surface area contributed by atoms with Crippen molar-refractivity contribution in [2.24, 2.45) is 5.73 Å². The maximum atomic E-state index is 7.29. The Balaban J connectivity index is 2.67. The van der Waals surface area contributed by atoms with Crippen LogP contribution < -0.4 is 5.73 Å². The van der Waals surface area contributed by atoms with Crippen molar-refractivity contribution in [3.63, 3.8) is 0 Å². The van der Waals surface area contributed by atoms with Gasteiger partial charge in [-0.2, -0.15) is 0 Å². The minimum Gasteiger partial charge on any atom is -0.388 e. The van der Waals surface area contributed by atoms with Gasteiger partial charge in [0.1, 0.15) is 0 Å². The van der Waals surface area contributed by atoms with E-state index in [0.29, 0.717) is 12.5 Å². The maximum absolute atomic E-state index is 7.29. The maximum Gasteiger partial charge on any atom is 0.0918 e. The summed E-state index contributed by atoms with van der Waals surface area (Å²) in [6.45, 7) is 6.04. The summed E-state index contributed by atoms with van der Waals surface area (Å²) in [6, 6.07) is 8.68. The molecular formula is C13H20BrN3. The summed E-state index contributed by atoms with van der Waals surface area (Å²) in [5, 5.41) is 7.29. The van der Waals surface area contributed by atoms with Gasteiger partial charge in [0.2, 0.25) is 0 Å². The van der Waals surface area contributed by atoms with Crippen LogP contribution in [0, 0.1) is 5.41 Å². The van der Waals surface area contributed by atoms with Crippen molar-refractivity contribution in [2.45, 2.75) is 32.9 Å². The van der Waals surface area contributed by atoms with Crippen LogP contribution in [0.15, 0.2) is 28.7 Å². The molecule has 0 radical (unpaired) electrons. The molecule has 0 saturated carbocycles. The first-order valence-electron chi connectivity index (χ1n) is 5.81. The van der Waals surface area contributed by atoms with Crippen LogP contribution in [-0.4, -0.2) is 23.3 Å². The lowest BCUT2D eigenvalue weighted by atomic mass is 10.2. The third kappa shape index (κ3) is 4.88. The molecule has 0 bridgehead atoms. The quantitative estimate of drug-likeness (QED) is 0.626. The van der Waals surface area contributed by atoms with Gasteiger partial charge in [-0.1, -0.05) is 34.1 Å². The minimum absolute atomic E-state index is 0.253. The van der Waals surface area contributed by atoms with Crippen LogP contribution in [0.1, 0.15) is 25.8 Å². The van der Waals surface area contributed by atoms with Gasteiger partial charge in [-0.15, -0.1) is 0 Å². The average Bonchev–Trinajstić information content (AvgIpc) is 2.25. The zero-order valence-corrected chi connectivity index (χ0v) is 12.0. The normalized spacial score (nSPS) is 11.1. The van der Waals surface area contributed by atoms with Crippen LogP contribution in [0.5, 0.6) is 0 Å². The van der Waals surface area contributed by atoms with Gasteiger partial charge in [-0.05, 0) is 25.5 Å². The summed E-state index contributed by atoms with van der Waals surface area (Å²) in [4.78, 5) is 2.32. The van der Waals surface area contributed by atoms with E-state index >= 15 is 0 Å². The molecule has 3 N–H and O–H groups in total. The molecule has 0 aliphatic rings. The lowest BCUT2D eigenvalue weighted by molar-refractivity contribution is 0.218. The minimum atomic E-state index is 0.253. The van der Waals surface area contributed by atoms with Crippen LogP contribution in [0.2, 0.25) is 0 Å². The van der Waals surface area contributed by atoms with Crippen molar-refractivity contribution in [3.8, 4) is 0 Å². The lowest BCUT2D eigenvalue weighted by Gasteiger charge is -2.26. The zero-order chi connectivity index (χ0) is 12.8. The summed E-state index contributed by atoms with van der Waals surface area (Å²) in [6.07, 6.45) is 0.628. The Bertz CT molecular complexity index is 377. The highest BCUT2D eigenvalue weighted by atomic mass is 79.9. The molecule has 1 aromatic carbocycles. The second-order valence-corrected chi connectivity index (χ2v) is 5.29. The molecule has 1 rings (SSSR count). The predicted octanol–water partition coefficient (Wildman–Crippen LogP) is 2.99. The zero-order valence-electron chi connectivity index (χ0n) is 10.4. The predicted molar refractivity (Wildman–Crippen MR) is 76.2 cm³/mol. The van der Waals surface area contributed by atoms with E-state index < -0.39 is 0 Å². The Morgan fingerprint density at radius 1 is 1.41 bits per heavy atom. The Hall–Kier alpha value is -0.870. The summed E-state index contributed by atoms with van der Waals surface area (Å²) in [5.74, 6) is 0.253. The van der Waals surface area contributed by atoms with Gasteiger partial charge in [-0.3, -0.25) is 10.3 Å². The van der Waals surface area contributed by atoms with E-state index in [4.69, 9.17) is 11.1 Å². The van der Waals surface area contributed by atoms with E-state index in [0.717, 1.165) is 17.6 Å². The van der Waals surface area contributed by atoms with E-state index in [1.807, 2.05) is 12.1 Å². The molecule has 0 saturated heterocycles. The Kier molecular flexibility index (Phi) is 5.65. The molecule has 0 atom stereocenters. The standard InChI is InChI=1S/C13H20BrN3/c1-10(2)17(8-7-13(15)16)9-11-5-3-4-6-12(11)14/h3-6,10H,7-9H2,1-2H3,(H3,15,16). The molecule has 0 amide bonds. The third-order valence-corrected chi connectivity index (χ3v) is 3.50. The molecule has 94 valence electrons. The van der Waals surface area contributed by atoms with Gasteiger partial charge in [-0.25, -0.2) is 0 Å². The van der Waals surface area contributed by atoms with Crippen LogP contribution in [0.3, 0.4) is 0 Å². The van der Waals surface area contributed by atoms with E-state index in [1.165, 1.54) is 5.56 Å². The molecule has 17 heavy (non-hydrogen) atoms. The molecule has 3 nitrogen and oxygen atoms in total. The molecule has 0 spiro atoms. The van der Waals surface area contributed by atoms with Crippen molar-refractivity contribution in [2.75, 3.05) is 6.54 Å². The monoisotopic (exact) mass is 297 g/mol. The van der Waals surface area contributed by atoms with Crippen LogP contribution in [0.4, 0.5) is 0 Å². The summed E-state index contributed by atoms with van der Waals surface area (Å²) in [7, 11) is 0. The number of nitrogens with two attached hydrogens (primary N) is 1. The first kappa shape index (κ1) is 14.2. The molecular weight excluding hydrogens is 278 g/mol. The van der Waals surface area contributed by atoms with Crippen molar-refractivity contribution in [3.05, 3.63) is 34.3 Å².